The Kier molecular flexibility index (Phi) is 14.7. The summed E-state index contributed by atoms with van der Waals surface area (Å²) in [4.78, 5) is 4.87. The van der Waals surface area contributed by atoms with Crippen molar-refractivity contribution in [2.24, 2.45) is 0 Å². The van der Waals surface area contributed by atoms with E-state index in [1.165, 1.54) is 105 Å². The number of nitrogens with zero attached hydrogens (tertiary/aromatic N) is 4. The van der Waals surface area contributed by atoms with Crippen molar-refractivity contribution < 1.29 is 4.42 Å². The van der Waals surface area contributed by atoms with Gasteiger partial charge in [-0.05, 0) is 227 Å². The summed E-state index contributed by atoms with van der Waals surface area (Å²) in [5.74, 6) is 0.574. The van der Waals surface area contributed by atoms with E-state index in [9.17, 15) is 0 Å². The maximum Gasteiger partial charge on any atom is 0.137 e. The average molecular weight is 1340 g/mol. The quantitative estimate of drug-likeness (QED) is 0.115. The minimum absolute atomic E-state index is 0.0908. The van der Waals surface area contributed by atoms with Crippen molar-refractivity contribution in [3.63, 3.8) is 0 Å². The van der Waals surface area contributed by atoms with Crippen LogP contribution in [-0.2, 0) is 11.8 Å². The first-order chi connectivity index (χ1) is 51.3. The lowest BCUT2D eigenvalue weighted by atomic mass is 9.82. The van der Waals surface area contributed by atoms with Crippen molar-refractivity contribution in [2.45, 2.75) is 69.6 Å². The molecule has 0 fully saturated rings. The molecule has 0 saturated heterocycles. The fourth-order valence-electron chi connectivity index (χ4n) is 17.5. The van der Waals surface area contributed by atoms with Crippen LogP contribution in [-0.4, -0.2) is 9.13 Å². The van der Waals surface area contributed by atoms with E-state index in [0.29, 0.717) is 5.92 Å². The zero-order chi connectivity index (χ0) is 69.0. The van der Waals surface area contributed by atoms with Gasteiger partial charge in [-0.2, -0.15) is 0 Å². The molecule has 5 aliphatic rings. The number of hydrogen-bond acceptors (Lipinski definition) is 3. The van der Waals surface area contributed by atoms with Crippen LogP contribution in [0.3, 0.4) is 0 Å². The van der Waals surface area contributed by atoms with Gasteiger partial charge in [0.05, 0.1) is 16.6 Å². The Morgan fingerprint density at radius 1 is 0.365 bits per heavy atom. The Morgan fingerprint density at radius 3 is 1.68 bits per heavy atom. The highest BCUT2D eigenvalue weighted by Crippen LogP contribution is 2.51. The maximum atomic E-state index is 6.61. The Balaban J connectivity index is 0.644. The van der Waals surface area contributed by atoms with Crippen molar-refractivity contribution in [2.75, 3.05) is 9.80 Å². The highest BCUT2D eigenvalue weighted by molar-refractivity contribution is 6.12. The lowest BCUT2D eigenvalue weighted by Gasteiger charge is -2.27. The summed E-state index contributed by atoms with van der Waals surface area (Å²) in [6.07, 6.45) is 33.9. The van der Waals surface area contributed by atoms with Crippen LogP contribution in [0.25, 0.3) is 105 Å². The number of aromatic nitrogens is 2. The van der Waals surface area contributed by atoms with E-state index in [0.717, 1.165) is 111 Å². The van der Waals surface area contributed by atoms with Crippen molar-refractivity contribution in [3.05, 3.63) is 378 Å². The Labute approximate surface area is 607 Å². The summed E-state index contributed by atoms with van der Waals surface area (Å²) in [6.45, 7) is 4.76. The lowest BCUT2D eigenvalue weighted by Crippen LogP contribution is -2.15. The molecule has 0 saturated carbocycles. The molecule has 5 heteroatoms. The second-order valence-corrected chi connectivity index (χ2v) is 29.3. The third-order valence-electron chi connectivity index (χ3n) is 22.9. The molecule has 0 N–H and O–H groups in total. The van der Waals surface area contributed by atoms with Crippen LogP contribution in [0.4, 0.5) is 34.1 Å². The van der Waals surface area contributed by atoms with Crippen LogP contribution in [0.1, 0.15) is 102 Å². The topological polar surface area (TPSA) is 29.5 Å². The number of para-hydroxylation sites is 1. The van der Waals surface area contributed by atoms with Crippen molar-refractivity contribution in [1.29, 1.82) is 0 Å². The van der Waals surface area contributed by atoms with E-state index in [4.69, 9.17) is 4.42 Å². The maximum absolute atomic E-state index is 6.61. The summed E-state index contributed by atoms with van der Waals surface area (Å²) in [5, 5.41) is 5.87. The van der Waals surface area contributed by atoms with Crippen LogP contribution >= 0.6 is 0 Å². The largest absolute Gasteiger partial charge is 0.456 e. The van der Waals surface area contributed by atoms with Crippen LogP contribution in [0.15, 0.2) is 338 Å². The van der Waals surface area contributed by atoms with Gasteiger partial charge in [0, 0.05) is 107 Å². The van der Waals surface area contributed by atoms with Gasteiger partial charge in [0.25, 0.3) is 0 Å². The van der Waals surface area contributed by atoms with E-state index < -0.39 is 0 Å². The van der Waals surface area contributed by atoms with Gasteiger partial charge < -0.3 is 23.4 Å². The molecular formula is C99H76N4O. The summed E-state index contributed by atoms with van der Waals surface area (Å²) in [7, 11) is 0. The molecule has 2 unspecified atom stereocenters. The molecule has 15 aromatic rings. The average Bonchev–Trinajstić information content (AvgIpc) is 1.57. The molecule has 0 aliphatic heterocycles. The highest BCUT2D eigenvalue weighted by atomic mass is 16.3. The number of rotatable bonds is 13. The number of fused-ring (bicyclic) bond motifs is 12. The Bertz CT molecular complexity index is 6180. The van der Waals surface area contributed by atoms with Crippen molar-refractivity contribution in [3.8, 4) is 33.6 Å². The zero-order valence-electron chi connectivity index (χ0n) is 58.4. The fraction of sp³-hybridized carbons (Fsp3) is 0.111. The smallest absolute Gasteiger partial charge is 0.137 e. The minimum atomic E-state index is -0.0908. The van der Waals surface area contributed by atoms with E-state index >= 15 is 0 Å². The molecule has 0 bridgehead atoms. The van der Waals surface area contributed by atoms with E-state index in [1.807, 2.05) is 6.07 Å². The molecule has 2 atom stereocenters. The molecule has 498 valence electrons. The number of hydrogen-bond donors (Lipinski definition) is 0. The zero-order valence-corrected chi connectivity index (χ0v) is 58.4. The van der Waals surface area contributed by atoms with E-state index in [-0.39, 0.29) is 11.3 Å². The summed E-state index contributed by atoms with van der Waals surface area (Å²) in [6, 6.07) is 100.0. The van der Waals surface area contributed by atoms with Crippen molar-refractivity contribution >= 4 is 106 Å². The molecule has 3 heterocycles. The van der Waals surface area contributed by atoms with E-state index in [2.05, 4.69) is 367 Å². The Morgan fingerprint density at radius 2 is 0.962 bits per heavy atom. The first kappa shape index (κ1) is 61.4. The second kappa shape index (κ2) is 25.0. The van der Waals surface area contributed by atoms with Crippen LogP contribution in [0.5, 0.6) is 0 Å². The van der Waals surface area contributed by atoms with Crippen LogP contribution in [0, 0.1) is 0 Å². The molecule has 0 spiro atoms. The molecule has 12 aromatic carbocycles. The molecule has 0 amide bonds. The Hall–Kier alpha value is -12.4. The summed E-state index contributed by atoms with van der Waals surface area (Å²) >= 11 is 0. The third kappa shape index (κ3) is 10.4. The van der Waals surface area contributed by atoms with Gasteiger partial charge in [0.1, 0.15) is 11.2 Å². The predicted octanol–water partition coefficient (Wildman–Crippen LogP) is 27.0. The molecule has 0 radical (unpaired) electrons. The van der Waals surface area contributed by atoms with Crippen LogP contribution in [0.2, 0.25) is 0 Å². The van der Waals surface area contributed by atoms with Gasteiger partial charge in [-0.15, -0.1) is 0 Å². The number of allylic oxidation sites excluding steroid dienone is 13. The van der Waals surface area contributed by atoms with Crippen LogP contribution < -0.4 is 9.80 Å². The lowest BCUT2D eigenvalue weighted by molar-refractivity contribution is 0.659. The number of furan rings is 1. The molecule has 5 nitrogen and oxygen atoms in total. The monoisotopic (exact) mass is 1340 g/mol. The summed E-state index contributed by atoms with van der Waals surface area (Å²) < 4.78 is 11.6. The van der Waals surface area contributed by atoms with Gasteiger partial charge >= 0.3 is 0 Å². The van der Waals surface area contributed by atoms with E-state index in [1.54, 1.807) is 0 Å². The third-order valence-corrected chi connectivity index (χ3v) is 22.9. The summed E-state index contributed by atoms with van der Waals surface area (Å²) in [5.41, 5.74) is 32.3. The first-order valence-corrected chi connectivity index (χ1v) is 37.0. The number of anilines is 6. The SMILES string of the molecule is CC1(C)c2ccccc2-c2ccc(-n3c4c(c5cc(N(c6ccc(C7=CCCC=C7)cc6)c6ccc(C7C=CC(c8ccc9c%10cc(N(c%11ccc(-c%12ccccc%12)cc%11)c%11ccc(C%12C=CC=CC%12)cc%11)ccc%10n(-c%10ccc%11c(c%10)oc%10ccccc%10%11)c9c8)=CC7)cc6)ccc53)C=CCC4)cc21. The standard InChI is InChI=1S/C99H76N4O/c1-99(2)91-27-15-12-24-83(91)84-56-51-81(63-92(84)99)102-93-28-16-13-25-85(93)89-61-79(53-58-94(89)102)100(75-43-34-69(35-44-75)65-18-6-3-7-19-65)78-49-40-72(41-50-78)68-30-32-73(33-31-68)74-42-55-86-90-62-80(54-59-95(90)103(96(86)60-74)82-52-57-88-87-26-14-17-29-97(87)104-98(88)64-82)101(76-45-36-70(37-46-76)66-20-8-4-9-21-66)77-47-38-71(39-48-77)67-22-10-5-11-23-67/h4-6,8-15,17-22,24-27,29-30,32-64,67-68H,3,7,16,23,28,31H2,1-2H3. The van der Waals surface area contributed by atoms with Gasteiger partial charge in [-0.25, -0.2) is 0 Å². The molecule has 3 aromatic heterocycles. The van der Waals surface area contributed by atoms with Gasteiger partial charge in [0.15, 0.2) is 0 Å². The molecule has 5 aliphatic carbocycles. The van der Waals surface area contributed by atoms with Gasteiger partial charge in [0.2, 0.25) is 0 Å². The minimum Gasteiger partial charge on any atom is -0.456 e. The second-order valence-electron chi connectivity index (χ2n) is 29.3. The fourth-order valence-corrected chi connectivity index (χ4v) is 17.5. The first-order valence-electron chi connectivity index (χ1n) is 37.0. The highest BCUT2D eigenvalue weighted by Gasteiger charge is 2.36. The van der Waals surface area contributed by atoms with Crippen molar-refractivity contribution in [1.82, 2.24) is 9.13 Å². The van der Waals surface area contributed by atoms with Gasteiger partial charge in [-0.1, -0.05) is 226 Å². The van der Waals surface area contributed by atoms with Gasteiger partial charge in [-0.3, -0.25) is 0 Å². The molecule has 20 rings (SSSR count). The molecule has 104 heavy (non-hydrogen) atoms. The predicted molar refractivity (Wildman–Crippen MR) is 438 cm³/mol. The molecular weight excluding hydrogens is 1260 g/mol. The number of benzene rings is 12. The normalized spacial score (nSPS) is 16.3.